The van der Waals surface area contributed by atoms with Gasteiger partial charge in [0.15, 0.2) is 0 Å². The van der Waals surface area contributed by atoms with Gasteiger partial charge in [0.25, 0.3) is 0 Å². The number of hydrogen-bond donors (Lipinski definition) is 2. The van der Waals surface area contributed by atoms with Crippen molar-refractivity contribution in [1.29, 1.82) is 0 Å². The molecule has 13 heavy (non-hydrogen) atoms. The number of nitrogens with zero attached hydrogens (tertiary/aromatic N) is 1. The van der Waals surface area contributed by atoms with E-state index in [9.17, 15) is 9.59 Å². The molecule has 0 saturated heterocycles. The van der Waals surface area contributed by atoms with Crippen molar-refractivity contribution >= 4 is 34.7 Å². The first kappa shape index (κ1) is 10.2. The topological polar surface area (TPSA) is 74.8 Å². The molecule has 1 aromatic rings. The number of carbonyl (C=O) groups is 1. The maximum absolute atomic E-state index is 10.9. The van der Waals surface area contributed by atoms with E-state index < -0.39 is 5.69 Å². The number of H-pyrrole nitrogens is 1. The van der Waals surface area contributed by atoms with E-state index in [1.807, 2.05) is 0 Å². The lowest BCUT2D eigenvalue weighted by Gasteiger charge is -2.04. The molecule has 1 aromatic heterocycles. The standard InChI is InChI=1S/C7H8IN3O2/c1-4-5(8)6(9-2-3-12)11-7(13)10-4/h3H,2H2,1H3,(H2,9,10,11,13). The van der Waals surface area contributed by atoms with Gasteiger partial charge in [0.05, 0.1) is 10.1 Å². The number of halogens is 1. The Morgan fingerprint density at radius 3 is 3.00 bits per heavy atom. The minimum atomic E-state index is -0.411. The fourth-order valence-corrected chi connectivity index (χ4v) is 1.27. The maximum Gasteiger partial charge on any atom is 0.347 e. The van der Waals surface area contributed by atoms with Crippen LogP contribution >= 0.6 is 22.6 Å². The van der Waals surface area contributed by atoms with Crippen LogP contribution in [0.4, 0.5) is 5.82 Å². The molecular weight excluding hydrogens is 285 g/mol. The molecule has 0 fully saturated rings. The molecule has 0 aliphatic heterocycles. The Labute approximate surface area is 88.1 Å². The molecule has 0 radical (unpaired) electrons. The summed E-state index contributed by atoms with van der Waals surface area (Å²) >= 11 is 2.05. The van der Waals surface area contributed by atoms with Crippen LogP contribution < -0.4 is 11.0 Å². The summed E-state index contributed by atoms with van der Waals surface area (Å²) in [6.07, 6.45) is 0.717. The SMILES string of the molecule is Cc1[nH]c(=O)nc(NCC=O)c1I. The highest BCUT2D eigenvalue weighted by molar-refractivity contribution is 14.1. The first-order valence-corrected chi connectivity index (χ1v) is 4.67. The van der Waals surface area contributed by atoms with Gasteiger partial charge in [-0.15, -0.1) is 0 Å². The Kier molecular flexibility index (Phi) is 3.40. The van der Waals surface area contributed by atoms with Crippen LogP contribution in [0.1, 0.15) is 5.69 Å². The van der Waals surface area contributed by atoms with Gasteiger partial charge in [-0.1, -0.05) is 0 Å². The Morgan fingerprint density at radius 2 is 2.38 bits per heavy atom. The zero-order valence-electron chi connectivity index (χ0n) is 6.93. The summed E-state index contributed by atoms with van der Waals surface area (Å²) in [6, 6.07) is 0. The predicted octanol–water partition coefficient (Wildman–Crippen LogP) is 0.294. The summed E-state index contributed by atoms with van der Waals surface area (Å²) in [4.78, 5) is 27.2. The zero-order chi connectivity index (χ0) is 9.84. The molecule has 0 saturated carbocycles. The van der Waals surface area contributed by atoms with Gasteiger partial charge < -0.3 is 15.1 Å². The minimum absolute atomic E-state index is 0.159. The molecular formula is C7H8IN3O2. The number of aldehydes is 1. The zero-order valence-corrected chi connectivity index (χ0v) is 9.08. The van der Waals surface area contributed by atoms with Crippen LogP contribution in [0.2, 0.25) is 0 Å². The highest BCUT2D eigenvalue weighted by atomic mass is 127. The summed E-state index contributed by atoms with van der Waals surface area (Å²) in [7, 11) is 0. The minimum Gasteiger partial charge on any atom is -0.362 e. The van der Waals surface area contributed by atoms with Crippen molar-refractivity contribution in [3.05, 3.63) is 19.7 Å². The second-order valence-corrected chi connectivity index (χ2v) is 3.46. The second kappa shape index (κ2) is 4.35. The number of nitrogens with one attached hydrogen (secondary N) is 2. The van der Waals surface area contributed by atoms with E-state index in [4.69, 9.17) is 0 Å². The van der Waals surface area contributed by atoms with Gasteiger partial charge >= 0.3 is 5.69 Å². The van der Waals surface area contributed by atoms with Gasteiger partial charge in [-0.3, -0.25) is 0 Å². The van der Waals surface area contributed by atoms with Crippen molar-refractivity contribution in [1.82, 2.24) is 9.97 Å². The summed E-state index contributed by atoms with van der Waals surface area (Å²) in [5.74, 6) is 0.453. The molecule has 0 spiro atoms. The van der Waals surface area contributed by atoms with Crippen LogP contribution in [0.3, 0.4) is 0 Å². The average Bonchev–Trinajstić information content (AvgIpc) is 2.09. The van der Waals surface area contributed by atoms with Gasteiger partial charge in [0.1, 0.15) is 12.1 Å². The largest absolute Gasteiger partial charge is 0.362 e. The summed E-state index contributed by atoms with van der Waals surface area (Å²) in [6.45, 7) is 1.93. The highest BCUT2D eigenvalue weighted by Crippen LogP contribution is 2.14. The van der Waals surface area contributed by atoms with Crippen LogP contribution in [-0.2, 0) is 4.79 Å². The fourth-order valence-electron chi connectivity index (χ4n) is 0.827. The van der Waals surface area contributed by atoms with Crippen LogP contribution in [0.15, 0.2) is 4.79 Å². The number of rotatable bonds is 3. The Bertz CT molecular complexity index is 374. The quantitative estimate of drug-likeness (QED) is 0.620. The molecule has 2 N–H and O–H groups in total. The molecule has 1 rings (SSSR count). The second-order valence-electron chi connectivity index (χ2n) is 2.38. The lowest BCUT2D eigenvalue weighted by atomic mass is 10.4. The Hall–Kier alpha value is -0.920. The molecule has 0 bridgehead atoms. The van der Waals surface area contributed by atoms with Crippen molar-refractivity contribution in [2.75, 3.05) is 11.9 Å². The fraction of sp³-hybridized carbons (Fsp3) is 0.286. The molecule has 5 nitrogen and oxygen atoms in total. The Balaban J connectivity index is 3.05. The summed E-state index contributed by atoms with van der Waals surface area (Å²) < 4.78 is 0.819. The van der Waals surface area contributed by atoms with Gasteiger partial charge in [0.2, 0.25) is 0 Å². The lowest BCUT2D eigenvalue weighted by molar-refractivity contribution is -0.106. The van der Waals surface area contributed by atoms with E-state index in [0.717, 1.165) is 9.26 Å². The van der Waals surface area contributed by atoms with E-state index in [1.165, 1.54) is 0 Å². The van der Waals surface area contributed by atoms with E-state index in [0.29, 0.717) is 12.1 Å². The van der Waals surface area contributed by atoms with Crippen LogP contribution in [0.5, 0.6) is 0 Å². The third-order valence-corrected chi connectivity index (χ3v) is 2.72. The first-order valence-electron chi connectivity index (χ1n) is 3.59. The molecule has 6 heteroatoms. The third kappa shape index (κ3) is 2.51. The first-order chi connectivity index (χ1) is 6.15. The maximum atomic E-state index is 10.9. The molecule has 0 aromatic carbocycles. The smallest absolute Gasteiger partial charge is 0.347 e. The van der Waals surface area contributed by atoms with Crippen molar-refractivity contribution in [3.8, 4) is 0 Å². The van der Waals surface area contributed by atoms with E-state index in [1.54, 1.807) is 6.92 Å². The predicted molar refractivity (Wildman–Crippen MR) is 56.9 cm³/mol. The molecule has 0 unspecified atom stereocenters. The number of aromatic nitrogens is 2. The van der Waals surface area contributed by atoms with Gasteiger partial charge in [0, 0.05) is 5.69 Å². The molecule has 1 heterocycles. The molecule has 0 aliphatic carbocycles. The molecule has 0 amide bonds. The van der Waals surface area contributed by atoms with Crippen LogP contribution in [0, 0.1) is 10.5 Å². The highest BCUT2D eigenvalue weighted by Gasteiger charge is 2.04. The number of aromatic amines is 1. The van der Waals surface area contributed by atoms with Crippen molar-refractivity contribution in [2.45, 2.75) is 6.92 Å². The Morgan fingerprint density at radius 1 is 1.69 bits per heavy atom. The number of hydrogen-bond acceptors (Lipinski definition) is 4. The van der Waals surface area contributed by atoms with Crippen molar-refractivity contribution in [3.63, 3.8) is 0 Å². The molecule has 70 valence electrons. The summed E-state index contributed by atoms with van der Waals surface area (Å²) in [5.41, 5.74) is 0.334. The monoisotopic (exact) mass is 293 g/mol. The molecule has 0 atom stereocenters. The number of anilines is 1. The van der Waals surface area contributed by atoms with E-state index in [2.05, 4.69) is 37.9 Å². The number of aryl methyl sites for hydroxylation is 1. The van der Waals surface area contributed by atoms with Crippen LogP contribution in [-0.4, -0.2) is 22.8 Å². The normalized spacial score (nSPS) is 9.69. The van der Waals surface area contributed by atoms with Gasteiger partial charge in [-0.05, 0) is 29.5 Å². The average molecular weight is 293 g/mol. The number of carbonyl (C=O) groups excluding carboxylic acids is 1. The van der Waals surface area contributed by atoms with Gasteiger partial charge in [-0.2, -0.15) is 4.98 Å². The van der Waals surface area contributed by atoms with Crippen molar-refractivity contribution < 1.29 is 4.79 Å². The van der Waals surface area contributed by atoms with Gasteiger partial charge in [-0.25, -0.2) is 4.79 Å². The summed E-state index contributed by atoms with van der Waals surface area (Å²) in [5, 5.41) is 2.74. The van der Waals surface area contributed by atoms with E-state index >= 15 is 0 Å². The molecule has 0 aliphatic rings. The van der Waals surface area contributed by atoms with Crippen molar-refractivity contribution in [2.24, 2.45) is 0 Å². The third-order valence-electron chi connectivity index (χ3n) is 1.40. The lowest BCUT2D eigenvalue weighted by Crippen LogP contribution is -2.17. The van der Waals surface area contributed by atoms with Crippen LogP contribution in [0.25, 0.3) is 0 Å². The van der Waals surface area contributed by atoms with E-state index in [-0.39, 0.29) is 6.54 Å².